The summed E-state index contributed by atoms with van der Waals surface area (Å²) in [5.74, 6) is 1.05. The van der Waals surface area contributed by atoms with E-state index in [0.29, 0.717) is 17.4 Å². The van der Waals surface area contributed by atoms with Crippen molar-refractivity contribution in [3.8, 4) is 11.5 Å². The Morgan fingerprint density at radius 3 is 2.44 bits per heavy atom. The molecule has 39 heavy (non-hydrogen) atoms. The molecule has 0 saturated heterocycles. The van der Waals surface area contributed by atoms with Gasteiger partial charge >= 0.3 is 0 Å². The number of hydrogen-bond acceptors (Lipinski definition) is 5. The number of ether oxygens (including phenoxy) is 2. The highest BCUT2D eigenvalue weighted by Gasteiger charge is 2.38. The predicted octanol–water partition coefficient (Wildman–Crippen LogP) is 5.57. The van der Waals surface area contributed by atoms with E-state index in [2.05, 4.69) is 39.9 Å². The Kier molecular flexibility index (Phi) is 8.25. The van der Waals surface area contributed by atoms with Gasteiger partial charge in [0.1, 0.15) is 18.1 Å². The molecule has 7 nitrogen and oxygen atoms in total. The lowest BCUT2D eigenvalue weighted by Gasteiger charge is -2.36. The van der Waals surface area contributed by atoms with Crippen molar-refractivity contribution >= 4 is 21.6 Å². The molecule has 3 aromatic carbocycles. The van der Waals surface area contributed by atoms with Crippen LogP contribution in [0.25, 0.3) is 0 Å². The molecule has 3 aromatic rings. The molecular weight excluding hydrogens is 512 g/mol. The molecule has 1 aliphatic heterocycles. The average Bonchev–Trinajstić information content (AvgIpc) is 2.89. The van der Waals surface area contributed by atoms with Crippen molar-refractivity contribution in [1.29, 1.82) is 0 Å². The fourth-order valence-corrected chi connectivity index (χ4v) is 5.93. The van der Waals surface area contributed by atoms with E-state index in [-0.39, 0.29) is 30.0 Å². The minimum absolute atomic E-state index is 0.139. The molecule has 0 spiro atoms. The van der Waals surface area contributed by atoms with Gasteiger partial charge < -0.3 is 14.8 Å². The lowest BCUT2D eigenvalue weighted by molar-refractivity contribution is -0.127. The molecule has 1 heterocycles. The van der Waals surface area contributed by atoms with Crippen LogP contribution >= 0.6 is 0 Å². The largest absolute Gasteiger partial charge is 0.491 e. The van der Waals surface area contributed by atoms with Gasteiger partial charge in [-0.3, -0.25) is 9.10 Å². The van der Waals surface area contributed by atoms with Crippen molar-refractivity contribution < 1.29 is 22.7 Å². The zero-order valence-electron chi connectivity index (χ0n) is 23.5. The van der Waals surface area contributed by atoms with Gasteiger partial charge in [0.05, 0.1) is 23.7 Å². The minimum Gasteiger partial charge on any atom is -0.491 e. The Bertz CT molecular complexity index is 1430. The van der Waals surface area contributed by atoms with Gasteiger partial charge in [-0.1, -0.05) is 76.6 Å². The Morgan fingerprint density at radius 2 is 1.77 bits per heavy atom. The van der Waals surface area contributed by atoms with Crippen LogP contribution in [0.3, 0.4) is 0 Å². The maximum absolute atomic E-state index is 13.8. The molecule has 0 aliphatic carbocycles. The van der Waals surface area contributed by atoms with E-state index in [1.807, 2.05) is 43.3 Å². The van der Waals surface area contributed by atoms with Crippen LogP contribution in [0, 0.1) is 6.92 Å². The normalized spacial score (nSPS) is 15.5. The first-order chi connectivity index (χ1) is 18.4. The lowest BCUT2D eigenvalue weighted by Crippen LogP contribution is -2.51. The van der Waals surface area contributed by atoms with Crippen LogP contribution in [0.4, 0.5) is 5.69 Å². The first-order valence-electron chi connectivity index (χ1n) is 13.3. The average molecular weight is 551 g/mol. The Hall–Kier alpha value is -3.52. The fourth-order valence-electron chi connectivity index (χ4n) is 4.46. The number of carbonyl (C=O) groups is 1. The highest BCUT2D eigenvalue weighted by molar-refractivity contribution is 7.92. The summed E-state index contributed by atoms with van der Waals surface area (Å²) in [6.07, 6.45) is -1.01. The third-order valence-electron chi connectivity index (χ3n) is 6.80. The van der Waals surface area contributed by atoms with E-state index < -0.39 is 22.0 Å². The topological polar surface area (TPSA) is 84.9 Å². The van der Waals surface area contributed by atoms with Gasteiger partial charge in [-0.05, 0) is 59.7 Å². The highest BCUT2D eigenvalue weighted by atomic mass is 32.2. The number of anilines is 1. The van der Waals surface area contributed by atoms with Crippen molar-refractivity contribution in [2.75, 3.05) is 24.0 Å². The zero-order valence-corrected chi connectivity index (χ0v) is 24.3. The molecule has 0 aromatic heterocycles. The van der Waals surface area contributed by atoms with Gasteiger partial charge in [-0.25, -0.2) is 8.42 Å². The van der Waals surface area contributed by atoms with Gasteiger partial charge in [-0.2, -0.15) is 0 Å². The van der Waals surface area contributed by atoms with Gasteiger partial charge in [0.25, 0.3) is 15.9 Å². The van der Waals surface area contributed by atoms with Crippen molar-refractivity contribution in [1.82, 2.24) is 5.32 Å². The van der Waals surface area contributed by atoms with Crippen LogP contribution in [0.2, 0.25) is 0 Å². The number of aryl methyl sites for hydroxylation is 1. The van der Waals surface area contributed by atoms with E-state index in [0.717, 1.165) is 22.4 Å². The number of benzene rings is 3. The molecule has 1 amide bonds. The summed E-state index contributed by atoms with van der Waals surface area (Å²) in [5.41, 5.74) is 3.26. The molecule has 0 saturated carbocycles. The monoisotopic (exact) mass is 550 g/mol. The molecule has 4 rings (SSSR count). The summed E-state index contributed by atoms with van der Waals surface area (Å²) >= 11 is 0. The molecule has 1 N–H and O–H groups in total. The summed E-state index contributed by atoms with van der Waals surface area (Å²) in [7, 11) is -3.95. The first-order valence-corrected chi connectivity index (χ1v) is 14.7. The molecule has 8 heteroatoms. The summed E-state index contributed by atoms with van der Waals surface area (Å²) in [6.45, 7) is 12.7. The number of carbonyl (C=O) groups excluding carboxylic acids is 1. The zero-order chi connectivity index (χ0) is 28.4. The smallest absolute Gasteiger partial charge is 0.264 e. The quantitative estimate of drug-likeness (QED) is 0.371. The van der Waals surface area contributed by atoms with Gasteiger partial charge in [0.2, 0.25) is 0 Å². The molecule has 208 valence electrons. The molecule has 1 aliphatic rings. The SMILES string of the molecule is Cc1ccc(S(=O)(=O)N2C[C@H](C(=O)NCCOc3ccccc3C(C)C)Oc3ccc(C(C)(C)C)cc32)cc1. The second-order valence-corrected chi connectivity index (χ2v) is 13.1. The molecule has 0 radical (unpaired) electrons. The van der Waals surface area contributed by atoms with E-state index >= 15 is 0 Å². The van der Waals surface area contributed by atoms with E-state index in [1.54, 1.807) is 30.3 Å². The second kappa shape index (κ2) is 11.3. The highest BCUT2D eigenvalue weighted by Crippen LogP contribution is 2.40. The predicted molar refractivity (Wildman–Crippen MR) is 154 cm³/mol. The number of fused-ring (bicyclic) bond motifs is 1. The molecule has 0 unspecified atom stereocenters. The van der Waals surface area contributed by atoms with E-state index in [4.69, 9.17) is 9.47 Å². The lowest BCUT2D eigenvalue weighted by atomic mass is 9.86. The van der Waals surface area contributed by atoms with Crippen LogP contribution in [0.15, 0.2) is 71.6 Å². The van der Waals surface area contributed by atoms with E-state index in [9.17, 15) is 13.2 Å². The van der Waals surface area contributed by atoms with Gasteiger partial charge in [0.15, 0.2) is 6.10 Å². The summed E-state index contributed by atoms with van der Waals surface area (Å²) in [4.78, 5) is 13.3. The summed E-state index contributed by atoms with van der Waals surface area (Å²) in [5, 5.41) is 2.85. The number of para-hydroxylation sites is 1. The van der Waals surface area contributed by atoms with Crippen LogP contribution in [0.5, 0.6) is 11.5 Å². The Morgan fingerprint density at radius 1 is 1.08 bits per heavy atom. The third-order valence-corrected chi connectivity index (χ3v) is 8.59. The van der Waals surface area contributed by atoms with Crippen LogP contribution in [0.1, 0.15) is 57.2 Å². The standard InChI is InChI=1S/C31H38N2O5S/c1-21(2)25-9-7-8-10-27(25)37-18-17-32-30(34)29-20-33(39(35,36)24-14-11-22(3)12-15-24)26-19-23(31(4,5)6)13-16-28(26)38-29/h7-16,19,21,29H,17-18,20H2,1-6H3,(H,32,34)/t29-/m1/s1. The number of sulfonamides is 1. The minimum atomic E-state index is -3.95. The molecule has 1 atom stereocenters. The molecular formula is C31H38N2O5S. The van der Waals surface area contributed by atoms with Crippen molar-refractivity contribution in [3.05, 3.63) is 83.4 Å². The maximum Gasteiger partial charge on any atom is 0.264 e. The van der Waals surface area contributed by atoms with Crippen LogP contribution in [-0.2, 0) is 20.2 Å². The maximum atomic E-state index is 13.8. The van der Waals surface area contributed by atoms with Gasteiger partial charge in [0, 0.05) is 0 Å². The Balaban J connectivity index is 1.54. The second-order valence-electron chi connectivity index (χ2n) is 11.2. The third kappa shape index (κ3) is 6.38. The number of nitrogens with zero attached hydrogens (tertiary/aromatic N) is 1. The summed E-state index contributed by atoms with van der Waals surface area (Å²) < 4.78 is 40.9. The summed E-state index contributed by atoms with van der Waals surface area (Å²) in [6, 6.07) is 20.1. The van der Waals surface area contributed by atoms with E-state index in [1.165, 1.54) is 4.31 Å². The Labute approximate surface area is 232 Å². The number of rotatable bonds is 8. The molecule has 0 fully saturated rings. The van der Waals surface area contributed by atoms with Crippen LogP contribution in [-0.4, -0.2) is 40.1 Å². The number of hydrogen-bond donors (Lipinski definition) is 1. The van der Waals surface area contributed by atoms with Gasteiger partial charge in [-0.15, -0.1) is 0 Å². The first kappa shape index (κ1) is 28.5. The van der Waals surface area contributed by atoms with Crippen molar-refractivity contribution in [3.63, 3.8) is 0 Å². The van der Waals surface area contributed by atoms with Crippen LogP contribution < -0.4 is 19.1 Å². The molecule has 0 bridgehead atoms. The van der Waals surface area contributed by atoms with Crippen molar-refractivity contribution in [2.24, 2.45) is 0 Å². The number of nitrogens with one attached hydrogen (secondary N) is 1. The fraction of sp³-hybridized carbons (Fsp3) is 0.387. The number of amides is 1. The van der Waals surface area contributed by atoms with Crippen molar-refractivity contribution in [2.45, 2.75) is 63.9 Å².